The van der Waals surface area contributed by atoms with Gasteiger partial charge in [-0.05, 0) is 6.92 Å². The molecular weight excluding hydrogens is 510 g/mol. The third-order valence-corrected chi connectivity index (χ3v) is 7.56. The van der Waals surface area contributed by atoms with Gasteiger partial charge in [-0.1, -0.05) is 0 Å². The highest BCUT2D eigenvalue weighted by Gasteiger charge is 2.45. The minimum Gasteiger partial charge on any atom is -0.390 e. The fraction of sp³-hybridized carbons (Fsp3) is 0.733. The van der Waals surface area contributed by atoms with Crippen molar-refractivity contribution in [2.75, 3.05) is 13.2 Å². The van der Waals surface area contributed by atoms with E-state index in [9.17, 15) is 48.9 Å². The van der Waals surface area contributed by atoms with Gasteiger partial charge in [0.25, 0.3) is 5.56 Å². The molecule has 0 aromatic carbocycles. The molecule has 2 aliphatic rings. The van der Waals surface area contributed by atoms with Crippen LogP contribution in [0, 0.1) is 6.92 Å². The summed E-state index contributed by atoms with van der Waals surface area (Å²) in [5.74, 6) is 0. The number of aromatic nitrogens is 2. The Morgan fingerprint density at radius 3 is 2.47 bits per heavy atom. The maximum absolute atomic E-state index is 12.1. The van der Waals surface area contributed by atoms with E-state index in [-0.39, 0.29) is 12.0 Å². The number of phosphoric acid groups is 2. The molecule has 17 nitrogen and oxygen atoms in total. The van der Waals surface area contributed by atoms with Crippen molar-refractivity contribution in [1.29, 1.82) is 0 Å². The second kappa shape index (κ2) is 10.4. The highest BCUT2D eigenvalue weighted by atomic mass is 31.3. The third kappa shape index (κ3) is 6.47. The molecule has 2 fully saturated rings. The average Bonchev–Trinajstić information content (AvgIpc) is 3.09. The number of aliphatic hydroxyl groups excluding tert-OH is 4. The predicted molar refractivity (Wildman–Crippen MR) is 106 cm³/mol. The van der Waals surface area contributed by atoms with E-state index in [2.05, 4.69) is 18.3 Å². The van der Waals surface area contributed by atoms with Gasteiger partial charge in [-0.2, -0.15) is 4.31 Å². The summed E-state index contributed by atoms with van der Waals surface area (Å²) in [4.78, 5) is 45.0. The zero-order valence-corrected chi connectivity index (χ0v) is 19.2. The SMILES string of the molecule is Cc1cn([C@H]2C[C@H](O)[C@@H](COP(=O)(O)OP(=O)(O)O[C@H]3OC[C@@H](O)[C@@H](O)[C@@H]3O)O2)c(=O)[nH]c1=O. The van der Waals surface area contributed by atoms with Gasteiger partial charge < -0.3 is 39.7 Å². The van der Waals surface area contributed by atoms with E-state index in [4.69, 9.17) is 9.47 Å². The smallest absolute Gasteiger partial charge is 0.390 e. The quantitative estimate of drug-likeness (QED) is 0.166. The highest BCUT2D eigenvalue weighted by Crippen LogP contribution is 2.61. The van der Waals surface area contributed by atoms with Gasteiger partial charge in [0.05, 0.1) is 19.3 Å². The standard InChI is InChI=1S/C15H24N2O15P2/c1-6-3-17(15(23)16-13(6)22)10-2-7(18)9(30-10)5-29-33(24,25)32-34(26,27)31-14-12(21)11(20)8(19)4-28-14/h3,7-12,14,18-21H,2,4-5H2,1H3,(H,24,25)(H,26,27)(H,16,22,23)/t7-,8+,9+,10+,11+,12-,14+/m0/s1. The largest absolute Gasteiger partial charge is 0.483 e. The lowest BCUT2D eigenvalue weighted by molar-refractivity contribution is -0.245. The van der Waals surface area contributed by atoms with Crippen LogP contribution in [0.5, 0.6) is 0 Å². The van der Waals surface area contributed by atoms with Gasteiger partial charge in [0.2, 0.25) is 0 Å². The Morgan fingerprint density at radius 1 is 1.12 bits per heavy atom. The van der Waals surface area contributed by atoms with Gasteiger partial charge in [-0.3, -0.25) is 23.4 Å². The van der Waals surface area contributed by atoms with E-state index < -0.39 is 83.1 Å². The molecule has 3 rings (SSSR count). The van der Waals surface area contributed by atoms with Crippen molar-refractivity contribution >= 4 is 15.6 Å². The van der Waals surface area contributed by atoms with Crippen molar-refractivity contribution in [3.63, 3.8) is 0 Å². The molecule has 194 valence electrons. The second-order valence-corrected chi connectivity index (χ2v) is 10.6. The predicted octanol–water partition coefficient (Wildman–Crippen LogP) is -2.82. The number of ether oxygens (including phenoxy) is 2. The van der Waals surface area contributed by atoms with Crippen LogP contribution in [0.2, 0.25) is 0 Å². The minimum absolute atomic E-state index is 0.150. The first kappa shape index (κ1) is 27.3. The highest BCUT2D eigenvalue weighted by molar-refractivity contribution is 7.61. The molecule has 0 spiro atoms. The van der Waals surface area contributed by atoms with Crippen LogP contribution in [0.25, 0.3) is 0 Å². The summed E-state index contributed by atoms with van der Waals surface area (Å²) in [6.07, 6.45) is -9.80. The van der Waals surface area contributed by atoms with Gasteiger partial charge in [-0.15, -0.1) is 0 Å². The van der Waals surface area contributed by atoms with Crippen molar-refractivity contribution in [1.82, 2.24) is 9.55 Å². The molecule has 3 heterocycles. The van der Waals surface area contributed by atoms with Crippen LogP contribution in [0.3, 0.4) is 0 Å². The van der Waals surface area contributed by atoms with Crippen molar-refractivity contribution < 1.29 is 62.2 Å². The zero-order chi connectivity index (χ0) is 25.4. The van der Waals surface area contributed by atoms with E-state index in [1.165, 1.54) is 13.1 Å². The van der Waals surface area contributed by atoms with Crippen LogP contribution in [0.1, 0.15) is 18.2 Å². The molecule has 0 aliphatic carbocycles. The molecular formula is C15H24N2O15P2. The maximum Gasteiger partial charge on any atom is 0.483 e. The molecule has 2 aliphatic heterocycles. The number of aryl methyl sites for hydroxylation is 1. The summed E-state index contributed by atoms with van der Waals surface area (Å²) < 4.78 is 48.4. The molecule has 1 aromatic heterocycles. The van der Waals surface area contributed by atoms with Gasteiger partial charge in [0.15, 0.2) is 6.29 Å². The molecule has 9 atom stereocenters. The van der Waals surface area contributed by atoms with Crippen molar-refractivity contribution in [2.24, 2.45) is 0 Å². The number of H-pyrrole nitrogens is 1. The fourth-order valence-corrected chi connectivity index (χ4v) is 5.35. The van der Waals surface area contributed by atoms with Crippen molar-refractivity contribution in [2.45, 2.75) is 56.4 Å². The number of nitrogens with one attached hydrogen (secondary N) is 1. The van der Waals surface area contributed by atoms with E-state index in [1.807, 2.05) is 0 Å². The van der Waals surface area contributed by atoms with E-state index >= 15 is 0 Å². The summed E-state index contributed by atoms with van der Waals surface area (Å²) in [6, 6.07) is 0. The molecule has 7 N–H and O–H groups in total. The number of aliphatic hydroxyl groups is 4. The number of rotatable bonds is 8. The molecule has 2 unspecified atom stereocenters. The van der Waals surface area contributed by atoms with E-state index in [1.54, 1.807) is 0 Å². The lowest BCUT2D eigenvalue weighted by Gasteiger charge is -2.35. The molecule has 19 heteroatoms. The molecule has 0 bridgehead atoms. The van der Waals surface area contributed by atoms with Crippen molar-refractivity contribution in [3.8, 4) is 0 Å². The van der Waals surface area contributed by atoms with Crippen LogP contribution in [-0.4, -0.2) is 89.8 Å². The number of hydrogen-bond acceptors (Lipinski definition) is 13. The normalized spacial score (nSPS) is 35.6. The molecule has 0 saturated carbocycles. The number of hydrogen-bond donors (Lipinski definition) is 7. The van der Waals surface area contributed by atoms with E-state index in [0.717, 1.165) is 4.57 Å². The van der Waals surface area contributed by atoms with Gasteiger partial charge in [0.1, 0.15) is 30.6 Å². The molecule has 1 aromatic rings. The average molecular weight is 534 g/mol. The Labute approximate surface area is 190 Å². The first-order valence-corrected chi connectivity index (χ1v) is 12.7. The maximum atomic E-state index is 12.1. The minimum atomic E-state index is -5.42. The number of phosphoric ester groups is 2. The van der Waals surface area contributed by atoms with Crippen LogP contribution in [-0.2, 0) is 32.0 Å². The van der Waals surface area contributed by atoms with Gasteiger partial charge in [0, 0.05) is 18.2 Å². The van der Waals surface area contributed by atoms with E-state index in [0.29, 0.717) is 0 Å². The Hall–Kier alpha value is -1.30. The number of nitrogens with zero attached hydrogens (tertiary/aromatic N) is 1. The third-order valence-electron chi connectivity index (χ3n) is 4.96. The van der Waals surface area contributed by atoms with Crippen LogP contribution in [0.4, 0.5) is 0 Å². The zero-order valence-electron chi connectivity index (χ0n) is 17.4. The Balaban J connectivity index is 1.57. The summed E-state index contributed by atoms with van der Waals surface area (Å²) >= 11 is 0. The Bertz CT molecular complexity index is 1090. The lowest BCUT2D eigenvalue weighted by atomic mass is 10.1. The summed E-state index contributed by atoms with van der Waals surface area (Å²) in [5.41, 5.74) is -1.22. The summed E-state index contributed by atoms with van der Waals surface area (Å²) in [7, 11) is -10.7. The van der Waals surface area contributed by atoms with Crippen LogP contribution in [0.15, 0.2) is 15.8 Å². The second-order valence-electron chi connectivity index (χ2n) is 7.58. The van der Waals surface area contributed by atoms with Crippen LogP contribution < -0.4 is 11.2 Å². The van der Waals surface area contributed by atoms with Crippen molar-refractivity contribution in [3.05, 3.63) is 32.6 Å². The first-order chi connectivity index (χ1) is 15.7. The molecule has 34 heavy (non-hydrogen) atoms. The Kier molecular flexibility index (Phi) is 8.32. The summed E-state index contributed by atoms with van der Waals surface area (Å²) in [5, 5.41) is 38.8. The van der Waals surface area contributed by atoms with Gasteiger partial charge >= 0.3 is 21.3 Å². The van der Waals surface area contributed by atoms with Gasteiger partial charge in [-0.25, -0.2) is 13.9 Å². The number of aromatic amines is 1. The Morgan fingerprint density at radius 2 is 1.79 bits per heavy atom. The molecule has 0 amide bonds. The monoisotopic (exact) mass is 534 g/mol. The molecule has 2 saturated heterocycles. The summed E-state index contributed by atoms with van der Waals surface area (Å²) in [6.45, 7) is 0.0394. The lowest BCUT2D eigenvalue weighted by Crippen LogP contribution is -2.53. The fourth-order valence-electron chi connectivity index (χ4n) is 3.18. The topological polar surface area (TPSA) is 257 Å². The van der Waals surface area contributed by atoms with Crippen LogP contribution >= 0.6 is 15.6 Å². The first-order valence-electron chi connectivity index (χ1n) is 9.70. The molecule has 0 radical (unpaired) electrons.